The molecule has 3 nitrogen and oxygen atoms in total. The molecule has 0 aliphatic carbocycles. The molecule has 0 radical (unpaired) electrons. The summed E-state index contributed by atoms with van der Waals surface area (Å²) in [7, 11) is -3.40. The first kappa shape index (κ1) is 14.5. The lowest BCUT2D eigenvalue weighted by Gasteiger charge is -2.07. The van der Waals surface area contributed by atoms with E-state index in [1.165, 1.54) is 0 Å². The molecule has 1 aromatic rings. The second-order valence-electron chi connectivity index (χ2n) is 4.33. The van der Waals surface area contributed by atoms with Crippen LogP contribution in [0.5, 0.6) is 0 Å². The van der Waals surface area contributed by atoms with Gasteiger partial charge in [-0.3, -0.25) is 0 Å². The summed E-state index contributed by atoms with van der Waals surface area (Å²) in [5, 5.41) is 0. The van der Waals surface area contributed by atoms with Gasteiger partial charge < -0.3 is 0 Å². The van der Waals surface area contributed by atoms with E-state index in [9.17, 15) is 8.42 Å². The van der Waals surface area contributed by atoms with Gasteiger partial charge in [-0.2, -0.15) is 0 Å². The van der Waals surface area contributed by atoms with Crippen LogP contribution in [0.25, 0.3) is 0 Å². The second kappa shape index (κ2) is 6.38. The highest BCUT2D eigenvalue weighted by molar-refractivity contribution is 7.89. The van der Waals surface area contributed by atoms with Crippen molar-refractivity contribution in [3.05, 3.63) is 29.8 Å². The summed E-state index contributed by atoms with van der Waals surface area (Å²) in [6, 6.07) is 6.98. The van der Waals surface area contributed by atoms with Gasteiger partial charge in [-0.15, -0.1) is 11.6 Å². The fraction of sp³-hybridized carbons (Fsp3) is 0.500. The van der Waals surface area contributed by atoms with E-state index in [2.05, 4.69) is 18.6 Å². The minimum atomic E-state index is -3.40. The Kier molecular flexibility index (Phi) is 5.43. The fourth-order valence-corrected chi connectivity index (χ4v) is 2.77. The summed E-state index contributed by atoms with van der Waals surface area (Å²) < 4.78 is 25.9. The number of hydrogen-bond acceptors (Lipinski definition) is 2. The van der Waals surface area contributed by atoms with Crippen LogP contribution in [0.1, 0.15) is 19.4 Å². The Bertz CT molecular complexity index is 440. The van der Waals surface area contributed by atoms with Gasteiger partial charge in [-0.25, -0.2) is 13.1 Å². The van der Waals surface area contributed by atoms with Crippen LogP contribution in [0.15, 0.2) is 29.2 Å². The fourth-order valence-electron chi connectivity index (χ4n) is 1.53. The molecule has 0 atom stereocenters. The van der Waals surface area contributed by atoms with Crippen molar-refractivity contribution in [2.45, 2.75) is 25.2 Å². The van der Waals surface area contributed by atoms with E-state index in [1.807, 2.05) is 12.1 Å². The van der Waals surface area contributed by atoms with Gasteiger partial charge in [0.15, 0.2) is 0 Å². The Morgan fingerprint density at radius 1 is 1.24 bits per heavy atom. The molecular formula is C12H18ClNO2S. The summed E-state index contributed by atoms with van der Waals surface area (Å²) in [6.45, 7) is 4.51. The van der Waals surface area contributed by atoms with Crippen molar-refractivity contribution in [3.8, 4) is 0 Å². The highest BCUT2D eigenvalue weighted by atomic mass is 35.5. The highest BCUT2D eigenvalue weighted by Crippen LogP contribution is 2.13. The van der Waals surface area contributed by atoms with Crippen LogP contribution in [-0.4, -0.2) is 20.8 Å². The maximum absolute atomic E-state index is 11.8. The maximum Gasteiger partial charge on any atom is 0.240 e. The van der Waals surface area contributed by atoms with Gasteiger partial charge in [0, 0.05) is 12.4 Å². The van der Waals surface area contributed by atoms with Crippen molar-refractivity contribution in [2.24, 2.45) is 5.92 Å². The van der Waals surface area contributed by atoms with Gasteiger partial charge in [-0.05, 0) is 30.0 Å². The molecule has 0 aliphatic heterocycles. The molecule has 1 rings (SSSR count). The van der Waals surface area contributed by atoms with Gasteiger partial charge in [0.1, 0.15) is 0 Å². The zero-order valence-corrected chi connectivity index (χ0v) is 11.7. The normalized spacial score (nSPS) is 12.0. The third-order valence-corrected chi connectivity index (χ3v) is 3.93. The predicted octanol–water partition coefficient (Wildman–Crippen LogP) is 2.40. The number of benzene rings is 1. The molecule has 1 aromatic carbocycles. The van der Waals surface area contributed by atoms with Crippen molar-refractivity contribution in [3.63, 3.8) is 0 Å². The molecule has 17 heavy (non-hydrogen) atoms. The monoisotopic (exact) mass is 275 g/mol. The van der Waals surface area contributed by atoms with Crippen molar-refractivity contribution in [1.82, 2.24) is 4.72 Å². The molecule has 0 saturated heterocycles. The van der Waals surface area contributed by atoms with Gasteiger partial charge in [0.05, 0.1) is 4.90 Å². The summed E-state index contributed by atoms with van der Waals surface area (Å²) >= 11 is 5.45. The molecule has 0 amide bonds. The van der Waals surface area contributed by atoms with E-state index >= 15 is 0 Å². The van der Waals surface area contributed by atoms with Crippen molar-refractivity contribution >= 4 is 21.6 Å². The first-order valence-corrected chi connectivity index (χ1v) is 7.62. The lowest BCUT2D eigenvalue weighted by molar-refractivity contribution is 0.584. The third kappa shape index (κ3) is 4.66. The van der Waals surface area contributed by atoms with Crippen LogP contribution in [-0.2, 0) is 16.4 Å². The number of sulfonamides is 1. The molecule has 0 spiro atoms. The van der Waals surface area contributed by atoms with Gasteiger partial charge in [0.2, 0.25) is 10.0 Å². The number of alkyl halides is 1. The molecule has 1 N–H and O–H groups in total. The largest absolute Gasteiger partial charge is 0.240 e. The van der Waals surface area contributed by atoms with Crippen LogP contribution in [0.4, 0.5) is 0 Å². The van der Waals surface area contributed by atoms with E-state index in [4.69, 9.17) is 11.6 Å². The van der Waals surface area contributed by atoms with E-state index in [0.29, 0.717) is 5.92 Å². The molecule has 0 saturated carbocycles. The number of nitrogens with one attached hydrogen (secondary N) is 1. The van der Waals surface area contributed by atoms with Crippen molar-refractivity contribution in [2.75, 3.05) is 12.4 Å². The molecule has 0 aromatic heterocycles. The Morgan fingerprint density at radius 2 is 1.82 bits per heavy atom. The van der Waals surface area contributed by atoms with Crippen LogP contribution in [0.2, 0.25) is 0 Å². The number of halogens is 1. The average molecular weight is 276 g/mol. The standard InChI is InChI=1S/C12H18ClNO2S/c1-10(2)9-11-3-5-12(6-4-11)17(15,16)14-8-7-13/h3-6,10,14H,7-9H2,1-2H3. The quantitative estimate of drug-likeness (QED) is 0.811. The molecule has 0 heterocycles. The van der Waals surface area contributed by atoms with Gasteiger partial charge in [-0.1, -0.05) is 26.0 Å². The molecule has 0 bridgehead atoms. The smallest absolute Gasteiger partial charge is 0.210 e. The SMILES string of the molecule is CC(C)Cc1ccc(S(=O)(=O)NCCCl)cc1. The molecule has 5 heteroatoms. The average Bonchev–Trinajstić information content (AvgIpc) is 2.26. The van der Waals surface area contributed by atoms with Crippen molar-refractivity contribution < 1.29 is 8.42 Å². The summed E-state index contributed by atoms with van der Waals surface area (Å²) in [6.07, 6.45) is 0.954. The molecule has 0 fully saturated rings. The van der Waals surface area contributed by atoms with E-state index < -0.39 is 10.0 Å². The molecular weight excluding hydrogens is 258 g/mol. The zero-order valence-electron chi connectivity index (χ0n) is 10.1. The highest BCUT2D eigenvalue weighted by Gasteiger charge is 2.12. The summed E-state index contributed by atoms with van der Waals surface area (Å²) in [5.41, 5.74) is 1.15. The Hall–Kier alpha value is -0.580. The Balaban J connectivity index is 2.80. The lowest BCUT2D eigenvalue weighted by atomic mass is 10.0. The number of hydrogen-bond donors (Lipinski definition) is 1. The molecule has 0 unspecified atom stereocenters. The molecule has 96 valence electrons. The van der Waals surface area contributed by atoms with E-state index in [1.54, 1.807) is 12.1 Å². The Labute approximate surface area is 108 Å². The van der Waals surface area contributed by atoms with Crippen LogP contribution < -0.4 is 4.72 Å². The minimum Gasteiger partial charge on any atom is -0.210 e. The lowest BCUT2D eigenvalue weighted by Crippen LogP contribution is -2.25. The summed E-state index contributed by atoms with van der Waals surface area (Å²) in [5.74, 6) is 0.830. The number of rotatable bonds is 6. The minimum absolute atomic E-state index is 0.248. The maximum atomic E-state index is 11.8. The van der Waals surface area contributed by atoms with E-state index in [0.717, 1.165) is 12.0 Å². The predicted molar refractivity (Wildman–Crippen MR) is 70.9 cm³/mol. The summed E-state index contributed by atoms with van der Waals surface area (Å²) in [4.78, 5) is 0.287. The van der Waals surface area contributed by atoms with Gasteiger partial charge >= 0.3 is 0 Å². The second-order valence-corrected chi connectivity index (χ2v) is 6.47. The van der Waals surface area contributed by atoms with Crippen LogP contribution in [0, 0.1) is 5.92 Å². The van der Waals surface area contributed by atoms with Crippen molar-refractivity contribution in [1.29, 1.82) is 0 Å². The first-order chi connectivity index (χ1) is 7.95. The zero-order chi connectivity index (χ0) is 12.9. The molecule has 0 aliphatic rings. The Morgan fingerprint density at radius 3 is 2.29 bits per heavy atom. The first-order valence-electron chi connectivity index (χ1n) is 5.60. The van der Waals surface area contributed by atoms with Gasteiger partial charge in [0.25, 0.3) is 0 Å². The topological polar surface area (TPSA) is 46.2 Å². The van der Waals surface area contributed by atoms with Crippen LogP contribution >= 0.6 is 11.6 Å². The van der Waals surface area contributed by atoms with Crippen LogP contribution in [0.3, 0.4) is 0 Å². The van der Waals surface area contributed by atoms with E-state index in [-0.39, 0.29) is 17.3 Å². The third-order valence-electron chi connectivity index (χ3n) is 2.26.